The number of carbonyl (C=O) groups is 2. The summed E-state index contributed by atoms with van der Waals surface area (Å²) in [4.78, 5) is 21.3. The average Bonchev–Trinajstić information content (AvgIpc) is 2.56. The second kappa shape index (κ2) is 11.7. The van der Waals surface area contributed by atoms with Crippen LogP contribution in [-0.4, -0.2) is 31.1 Å². The van der Waals surface area contributed by atoms with Gasteiger partial charge in [-0.15, -0.1) is 0 Å². The summed E-state index contributed by atoms with van der Waals surface area (Å²) >= 11 is 0. The maximum Gasteiger partial charge on any atom is 0.292 e. The number of benzene rings is 1. The minimum Gasteiger partial charge on any atom is -0.471 e. The first-order chi connectivity index (χ1) is 10.9. The van der Waals surface area contributed by atoms with Crippen molar-refractivity contribution < 1.29 is 14.3 Å². The molecule has 0 aliphatic heterocycles. The molecular formula is C18H30N2O3. The van der Waals surface area contributed by atoms with Crippen LogP contribution in [0.5, 0.6) is 0 Å². The van der Waals surface area contributed by atoms with E-state index >= 15 is 0 Å². The third kappa shape index (κ3) is 8.35. The molecule has 0 spiro atoms. The molecule has 1 aromatic rings. The summed E-state index contributed by atoms with van der Waals surface area (Å²) in [5.74, 6) is -0.0347. The van der Waals surface area contributed by atoms with Crippen LogP contribution in [0.3, 0.4) is 0 Å². The first kappa shape index (κ1) is 21.1. The molecule has 0 aliphatic rings. The standard InChI is InChI=1S/C16H26N2O.C2H4O2/c1-4-11-16(17,15(19)18-13(3)5-2)12-14-9-7-6-8-10-14;1-4-2-3/h6-10,13H,4-5,11-12,17H2,1-3H3,(H,18,19);2H,1H3. The summed E-state index contributed by atoms with van der Waals surface area (Å²) in [6, 6.07) is 10.1. The van der Waals surface area contributed by atoms with E-state index in [1.54, 1.807) is 0 Å². The molecule has 0 aliphatic carbocycles. The molecule has 2 unspecified atom stereocenters. The van der Waals surface area contributed by atoms with Gasteiger partial charge in [-0.2, -0.15) is 0 Å². The summed E-state index contributed by atoms with van der Waals surface area (Å²) in [6.07, 6.45) is 3.10. The molecule has 0 saturated carbocycles. The van der Waals surface area contributed by atoms with Gasteiger partial charge < -0.3 is 15.8 Å². The number of carbonyl (C=O) groups excluding carboxylic acids is 2. The first-order valence-corrected chi connectivity index (χ1v) is 8.03. The van der Waals surface area contributed by atoms with Gasteiger partial charge >= 0.3 is 0 Å². The van der Waals surface area contributed by atoms with Crippen molar-refractivity contribution in [2.45, 2.75) is 58.0 Å². The zero-order valence-corrected chi connectivity index (χ0v) is 14.7. The molecule has 23 heavy (non-hydrogen) atoms. The Balaban J connectivity index is 0.00000108. The number of nitrogens with one attached hydrogen (secondary N) is 1. The third-order valence-electron chi connectivity index (χ3n) is 3.60. The Bertz CT molecular complexity index is 451. The molecule has 1 amide bonds. The van der Waals surface area contributed by atoms with Crippen LogP contribution in [-0.2, 0) is 20.7 Å². The Morgan fingerprint density at radius 2 is 1.91 bits per heavy atom. The molecule has 0 heterocycles. The molecule has 0 aromatic heterocycles. The topological polar surface area (TPSA) is 81.4 Å². The third-order valence-corrected chi connectivity index (χ3v) is 3.60. The molecule has 130 valence electrons. The second-order valence-electron chi connectivity index (χ2n) is 5.68. The van der Waals surface area contributed by atoms with Crippen molar-refractivity contribution in [3.05, 3.63) is 35.9 Å². The highest BCUT2D eigenvalue weighted by atomic mass is 16.5. The van der Waals surface area contributed by atoms with Crippen LogP contribution in [0.25, 0.3) is 0 Å². The highest BCUT2D eigenvalue weighted by Crippen LogP contribution is 2.17. The van der Waals surface area contributed by atoms with Crippen LogP contribution in [0.15, 0.2) is 30.3 Å². The predicted molar refractivity (Wildman–Crippen MR) is 92.9 cm³/mol. The molecular weight excluding hydrogens is 292 g/mol. The van der Waals surface area contributed by atoms with E-state index in [0.29, 0.717) is 19.3 Å². The summed E-state index contributed by atoms with van der Waals surface area (Å²) in [6.45, 7) is 6.50. The first-order valence-electron chi connectivity index (χ1n) is 8.03. The van der Waals surface area contributed by atoms with E-state index in [2.05, 4.69) is 23.9 Å². The lowest BCUT2D eigenvalue weighted by molar-refractivity contribution is -0.127. The fraction of sp³-hybridized carbons (Fsp3) is 0.556. The Morgan fingerprint density at radius 1 is 1.35 bits per heavy atom. The average molecular weight is 322 g/mol. The van der Waals surface area contributed by atoms with E-state index in [1.165, 1.54) is 7.11 Å². The molecule has 2 atom stereocenters. The van der Waals surface area contributed by atoms with Gasteiger partial charge in [-0.3, -0.25) is 9.59 Å². The van der Waals surface area contributed by atoms with Crippen LogP contribution in [0.4, 0.5) is 0 Å². The van der Waals surface area contributed by atoms with E-state index in [0.717, 1.165) is 18.4 Å². The van der Waals surface area contributed by atoms with Gasteiger partial charge in [-0.05, 0) is 31.7 Å². The molecule has 0 bridgehead atoms. The zero-order valence-electron chi connectivity index (χ0n) is 14.7. The Kier molecular flexibility index (Phi) is 10.7. The van der Waals surface area contributed by atoms with Crippen molar-refractivity contribution >= 4 is 12.4 Å². The number of nitrogens with two attached hydrogens (primary N) is 1. The fourth-order valence-corrected chi connectivity index (χ4v) is 2.16. The Morgan fingerprint density at radius 3 is 2.35 bits per heavy atom. The lowest BCUT2D eigenvalue weighted by atomic mass is 9.86. The maximum absolute atomic E-state index is 12.4. The Labute approximate surface area is 139 Å². The van der Waals surface area contributed by atoms with Gasteiger partial charge in [0.1, 0.15) is 0 Å². The summed E-state index contributed by atoms with van der Waals surface area (Å²) in [5.41, 5.74) is 6.68. The van der Waals surface area contributed by atoms with Gasteiger partial charge in [0.25, 0.3) is 6.47 Å². The maximum atomic E-state index is 12.4. The molecule has 0 radical (unpaired) electrons. The van der Waals surface area contributed by atoms with Crippen molar-refractivity contribution in [1.82, 2.24) is 5.32 Å². The van der Waals surface area contributed by atoms with Gasteiger partial charge in [0.05, 0.1) is 12.6 Å². The summed E-state index contributed by atoms with van der Waals surface area (Å²) < 4.78 is 3.86. The molecule has 5 nitrogen and oxygen atoms in total. The van der Waals surface area contributed by atoms with E-state index in [4.69, 9.17) is 10.5 Å². The summed E-state index contributed by atoms with van der Waals surface area (Å²) in [5, 5.41) is 3.01. The van der Waals surface area contributed by atoms with Crippen molar-refractivity contribution in [2.24, 2.45) is 5.73 Å². The summed E-state index contributed by atoms with van der Waals surface area (Å²) in [7, 11) is 1.31. The zero-order chi connectivity index (χ0) is 17.7. The van der Waals surface area contributed by atoms with Crippen molar-refractivity contribution in [2.75, 3.05) is 7.11 Å². The van der Waals surface area contributed by atoms with Gasteiger partial charge in [-0.25, -0.2) is 0 Å². The smallest absolute Gasteiger partial charge is 0.292 e. The number of methoxy groups -OCH3 is 1. The lowest BCUT2D eigenvalue weighted by Crippen LogP contribution is -2.57. The van der Waals surface area contributed by atoms with Crippen LogP contribution in [0, 0.1) is 0 Å². The van der Waals surface area contributed by atoms with E-state index in [-0.39, 0.29) is 11.9 Å². The quantitative estimate of drug-likeness (QED) is 0.720. The second-order valence-corrected chi connectivity index (χ2v) is 5.68. The monoisotopic (exact) mass is 322 g/mol. The number of hydrogen-bond donors (Lipinski definition) is 2. The molecule has 0 saturated heterocycles. The van der Waals surface area contributed by atoms with Crippen molar-refractivity contribution in [1.29, 1.82) is 0 Å². The molecule has 3 N–H and O–H groups in total. The largest absolute Gasteiger partial charge is 0.471 e. The lowest BCUT2D eigenvalue weighted by Gasteiger charge is -2.29. The molecule has 5 heteroatoms. The van der Waals surface area contributed by atoms with Crippen molar-refractivity contribution in [3.8, 4) is 0 Å². The number of rotatable bonds is 8. The van der Waals surface area contributed by atoms with E-state index in [1.807, 2.05) is 37.3 Å². The molecule has 0 fully saturated rings. The van der Waals surface area contributed by atoms with E-state index in [9.17, 15) is 4.79 Å². The van der Waals surface area contributed by atoms with Gasteiger partial charge in [0.15, 0.2) is 0 Å². The highest BCUT2D eigenvalue weighted by molar-refractivity contribution is 5.86. The van der Waals surface area contributed by atoms with Crippen LogP contribution < -0.4 is 11.1 Å². The SMILES string of the molecule is CCCC(N)(Cc1ccccc1)C(=O)NC(C)CC.COC=O. The molecule has 1 rings (SSSR count). The van der Waals surface area contributed by atoms with Gasteiger partial charge in [-0.1, -0.05) is 50.6 Å². The van der Waals surface area contributed by atoms with Crippen molar-refractivity contribution in [3.63, 3.8) is 0 Å². The minimum atomic E-state index is -0.806. The Hall–Kier alpha value is -1.88. The number of hydrogen-bond acceptors (Lipinski definition) is 4. The highest BCUT2D eigenvalue weighted by Gasteiger charge is 2.33. The van der Waals surface area contributed by atoms with Gasteiger partial charge in [0.2, 0.25) is 5.91 Å². The fourth-order valence-electron chi connectivity index (χ4n) is 2.16. The van der Waals surface area contributed by atoms with Gasteiger partial charge in [0, 0.05) is 6.04 Å². The minimum absolute atomic E-state index is 0.0347. The van der Waals surface area contributed by atoms with Crippen LogP contribution in [0.1, 0.15) is 45.6 Å². The van der Waals surface area contributed by atoms with E-state index < -0.39 is 5.54 Å². The van der Waals surface area contributed by atoms with Crippen LogP contribution >= 0.6 is 0 Å². The predicted octanol–water partition coefficient (Wildman–Crippen LogP) is 2.43. The molecule has 1 aromatic carbocycles. The normalized spacial score (nSPS) is 13.8. The number of ether oxygens (including phenoxy) is 1. The number of amides is 1. The van der Waals surface area contributed by atoms with Crippen LogP contribution in [0.2, 0.25) is 0 Å².